The molecule has 0 aliphatic rings. The maximum Gasteiger partial charge on any atom is 0.339 e. The fourth-order valence-electron chi connectivity index (χ4n) is 1.90. The van der Waals surface area contributed by atoms with Gasteiger partial charge in [0.05, 0.1) is 6.54 Å². The summed E-state index contributed by atoms with van der Waals surface area (Å²) in [4.78, 5) is 22.8. The molecule has 2 aromatic rings. The topological polar surface area (TPSA) is 79.5 Å². The third-order valence-electron chi connectivity index (χ3n) is 2.90. The van der Waals surface area contributed by atoms with E-state index < -0.39 is 5.97 Å². The number of benzene rings is 1. The lowest BCUT2D eigenvalue weighted by molar-refractivity contribution is 0.0694. The number of aromatic carboxylic acids is 1. The van der Waals surface area contributed by atoms with Gasteiger partial charge in [0.2, 0.25) is 0 Å². The van der Waals surface area contributed by atoms with Crippen molar-refractivity contribution in [1.29, 1.82) is 0 Å². The van der Waals surface area contributed by atoms with Crippen molar-refractivity contribution in [2.75, 3.05) is 0 Å². The standard InChI is InChI=1S/C15H15NO4/c1-9-4-3-5-11(6-9)14(17)16-8-12-7-13(15(18)19)10(2)20-12/h3-7H,8H2,1-2H3,(H,16,17)(H,18,19). The van der Waals surface area contributed by atoms with Gasteiger partial charge >= 0.3 is 5.97 Å². The Kier molecular flexibility index (Phi) is 3.89. The van der Waals surface area contributed by atoms with E-state index in [0.29, 0.717) is 17.1 Å². The van der Waals surface area contributed by atoms with Gasteiger partial charge in [-0.1, -0.05) is 17.7 Å². The summed E-state index contributed by atoms with van der Waals surface area (Å²) in [5.41, 5.74) is 1.68. The van der Waals surface area contributed by atoms with Gasteiger partial charge in [-0.15, -0.1) is 0 Å². The molecule has 0 saturated heterocycles. The van der Waals surface area contributed by atoms with Gasteiger partial charge < -0.3 is 14.8 Å². The monoisotopic (exact) mass is 273 g/mol. The summed E-state index contributed by atoms with van der Waals surface area (Å²) in [5, 5.41) is 11.6. The molecule has 5 heteroatoms. The SMILES string of the molecule is Cc1cccc(C(=O)NCc2cc(C(=O)O)c(C)o2)c1. The van der Waals surface area contributed by atoms with E-state index >= 15 is 0 Å². The molecule has 2 rings (SSSR count). The third-order valence-corrected chi connectivity index (χ3v) is 2.90. The number of carboxylic acids is 1. The minimum Gasteiger partial charge on any atom is -0.478 e. The normalized spacial score (nSPS) is 10.3. The van der Waals surface area contributed by atoms with Gasteiger partial charge in [0.1, 0.15) is 17.1 Å². The molecule has 0 unspecified atom stereocenters. The van der Waals surface area contributed by atoms with Crippen LogP contribution in [0.2, 0.25) is 0 Å². The van der Waals surface area contributed by atoms with Crippen molar-refractivity contribution in [1.82, 2.24) is 5.32 Å². The number of carboxylic acid groups (broad SMARTS) is 1. The van der Waals surface area contributed by atoms with Crippen LogP contribution in [0, 0.1) is 13.8 Å². The van der Waals surface area contributed by atoms with Gasteiger partial charge in [0, 0.05) is 5.56 Å². The van der Waals surface area contributed by atoms with Crippen LogP contribution in [-0.4, -0.2) is 17.0 Å². The number of aryl methyl sites for hydroxylation is 2. The first kappa shape index (κ1) is 13.9. The largest absolute Gasteiger partial charge is 0.478 e. The highest BCUT2D eigenvalue weighted by Crippen LogP contribution is 2.14. The second-order valence-corrected chi connectivity index (χ2v) is 4.54. The third kappa shape index (κ3) is 3.06. The van der Waals surface area contributed by atoms with E-state index in [4.69, 9.17) is 9.52 Å². The second kappa shape index (κ2) is 5.61. The summed E-state index contributed by atoms with van der Waals surface area (Å²) >= 11 is 0. The Bertz CT molecular complexity index is 658. The van der Waals surface area contributed by atoms with Crippen molar-refractivity contribution in [3.05, 3.63) is 58.5 Å². The lowest BCUT2D eigenvalue weighted by atomic mass is 10.1. The average molecular weight is 273 g/mol. The molecule has 0 aliphatic carbocycles. The van der Waals surface area contributed by atoms with Gasteiger partial charge in [0.25, 0.3) is 5.91 Å². The molecule has 0 fully saturated rings. The second-order valence-electron chi connectivity index (χ2n) is 4.54. The van der Waals surface area contributed by atoms with Gasteiger partial charge in [-0.3, -0.25) is 4.79 Å². The molecule has 104 valence electrons. The van der Waals surface area contributed by atoms with Crippen LogP contribution in [0.5, 0.6) is 0 Å². The van der Waals surface area contributed by atoms with Crippen LogP contribution in [0.1, 0.15) is 37.8 Å². The zero-order valence-corrected chi connectivity index (χ0v) is 11.3. The molecule has 20 heavy (non-hydrogen) atoms. The number of rotatable bonds is 4. The van der Waals surface area contributed by atoms with E-state index in [1.807, 2.05) is 19.1 Å². The molecular formula is C15H15NO4. The molecule has 5 nitrogen and oxygen atoms in total. The van der Waals surface area contributed by atoms with Crippen LogP contribution in [0.25, 0.3) is 0 Å². The maximum atomic E-state index is 11.9. The molecule has 0 aliphatic heterocycles. The van der Waals surface area contributed by atoms with Crippen LogP contribution in [-0.2, 0) is 6.54 Å². The maximum absolute atomic E-state index is 11.9. The number of hydrogen-bond donors (Lipinski definition) is 2. The molecule has 0 atom stereocenters. The summed E-state index contributed by atoms with van der Waals surface area (Å²) < 4.78 is 5.29. The summed E-state index contributed by atoms with van der Waals surface area (Å²) in [5.74, 6) is -0.514. The predicted octanol–water partition coefficient (Wildman–Crippen LogP) is 2.52. The molecule has 0 spiro atoms. The minimum atomic E-state index is -1.04. The fraction of sp³-hybridized carbons (Fsp3) is 0.200. The van der Waals surface area contributed by atoms with E-state index in [1.165, 1.54) is 6.07 Å². The number of carbonyl (C=O) groups excluding carboxylic acids is 1. The fourth-order valence-corrected chi connectivity index (χ4v) is 1.90. The summed E-state index contributed by atoms with van der Waals surface area (Å²) in [7, 11) is 0. The first-order chi connectivity index (χ1) is 9.47. The van der Waals surface area contributed by atoms with Crippen LogP contribution in [0.3, 0.4) is 0 Å². The Morgan fingerprint density at radius 1 is 1.25 bits per heavy atom. The van der Waals surface area contributed by atoms with Crippen molar-refractivity contribution >= 4 is 11.9 Å². The zero-order valence-electron chi connectivity index (χ0n) is 11.3. The Hall–Kier alpha value is -2.56. The molecule has 1 aromatic carbocycles. The van der Waals surface area contributed by atoms with Crippen molar-refractivity contribution in [3.63, 3.8) is 0 Å². The molecular weight excluding hydrogens is 258 g/mol. The van der Waals surface area contributed by atoms with Crippen molar-refractivity contribution in [2.45, 2.75) is 20.4 Å². The summed E-state index contributed by atoms with van der Waals surface area (Å²) in [6.45, 7) is 3.64. The average Bonchev–Trinajstić information content (AvgIpc) is 2.77. The zero-order chi connectivity index (χ0) is 14.7. The predicted molar refractivity (Wildman–Crippen MR) is 72.8 cm³/mol. The van der Waals surface area contributed by atoms with Crippen molar-refractivity contribution < 1.29 is 19.1 Å². The molecule has 0 radical (unpaired) electrons. The lowest BCUT2D eigenvalue weighted by Crippen LogP contribution is -2.22. The van der Waals surface area contributed by atoms with Crippen LogP contribution in [0.4, 0.5) is 0 Å². The number of amides is 1. The van der Waals surface area contributed by atoms with Crippen molar-refractivity contribution in [3.8, 4) is 0 Å². The van der Waals surface area contributed by atoms with Gasteiger partial charge in [-0.05, 0) is 32.0 Å². The Morgan fingerprint density at radius 2 is 2.00 bits per heavy atom. The molecule has 2 N–H and O–H groups in total. The van der Waals surface area contributed by atoms with Crippen LogP contribution >= 0.6 is 0 Å². The van der Waals surface area contributed by atoms with Gasteiger partial charge in [0.15, 0.2) is 0 Å². The van der Waals surface area contributed by atoms with E-state index in [1.54, 1.807) is 19.1 Å². The van der Waals surface area contributed by atoms with Gasteiger partial charge in [-0.25, -0.2) is 4.79 Å². The summed E-state index contributed by atoms with van der Waals surface area (Å²) in [6.07, 6.45) is 0. The number of nitrogens with one attached hydrogen (secondary N) is 1. The quantitative estimate of drug-likeness (QED) is 0.897. The first-order valence-corrected chi connectivity index (χ1v) is 6.15. The number of carbonyl (C=O) groups is 2. The highest BCUT2D eigenvalue weighted by Gasteiger charge is 2.14. The van der Waals surface area contributed by atoms with Crippen LogP contribution < -0.4 is 5.32 Å². The van der Waals surface area contributed by atoms with E-state index in [9.17, 15) is 9.59 Å². The molecule has 0 bridgehead atoms. The highest BCUT2D eigenvalue weighted by molar-refractivity contribution is 5.94. The number of furan rings is 1. The Balaban J connectivity index is 2.04. The van der Waals surface area contributed by atoms with Gasteiger partial charge in [-0.2, -0.15) is 0 Å². The van der Waals surface area contributed by atoms with E-state index in [2.05, 4.69) is 5.32 Å². The molecule has 0 saturated carbocycles. The first-order valence-electron chi connectivity index (χ1n) is 6.15. The molecule has 1 amide bonds. The summed E-state index contributed by atoms with van der Waals surface area (Å²) in [6, 6.07) is 8.65. The highest BCUT2D eigenvalue weighted by atomic mass is 16.4. The van der Waals surface area contributed by atoms with Crippen molar-refractivity contribution in [2.24, 2.45) is 0 Å². The number of hydrogen-bond acceptors (Lipinski definition) is 3. The van der Waals surface area contributed by atoms with E-state index in [-0.39, 0.29) is 18.0 Å². The smallest absolute Gasteiger partial charge is 0.339 e. The van der Waals surface area contributed by atoms with Crippen LogP contribution in [0.15, 0.2) is 34.7 Å². The minimum absolute atomic E-state index is 0.116. The molecule has 1 heterocycles. The lowest BCUT2D eigenvalue weighted by Gasteiger charge is -2.03. The molecule has 1 aromatic heterocycles. The van der Waals surface area contributed by atoms with E-state index in [0.717, 1.165) is 5.56 Å². The Labute approximate surface area is 116 Å². The Morgan fingerprint density at radius 3 is 2.60 bits per heavy atom.